The number of alkyl halides is 2. The van der Waals surface area contributed by atoms with Crippen LogP contribution in [-0.4, -0.2) is 53.9 Å². The van der Waals surface area contributed by atoms with E-state index >= 15 is 0 Å². The number of carboxylic acid groups (broad SMARTS) is 1. The molecule has 1 aromatic carbocycles. The SMILES string of the molecule is NC(=O)c1cc2cc(OC(F)F)c(-c3nn(CC(=O)O)cc3NC(=O)c3cnn4cccnc34)cc2s1. The van der Waals surface area contributed by atoms with E-state index in [9.17, 15) is 28.3 Å². The van der Waals surface area contributed by atoms with E-state index in [1.165, 1.54) is 41.3 Å². The molecule has 4 N–H and O–H groups in total. The first-order valence-electron chi connectivity index (χ1n) is 10.4. The summed E-state index contributed by atoms with van der Waals surface area (Å²) in [6, 6.07) is 5.81. The van der Waals surface area contributed by atoms with E-state index in [2.05, 4.69) is 20.5 Å². The Labute approximate surface area is 208 Å². The fraction of sp³-hybridized carbons (Fsp3) is 0.0909. The van der Waals surface area contributed by atoms with Crippen LogP contribution in [0.3, 0.4) is 0 Å². The third kappa shape index (κ3) is 4.66. The highest BCUT2D eigenvalue weighted by molar-refractivity contribution is 7.20. The molecular weight excluding hydrogens is 512 g/mol. The van der Waals surface area contributed by atoms with Crippen LogP contribution in [0.25, 0.3) is 27.0 Å². The van der Waals surface area contributed by atoms with Gasteiger partial charge in [-0.15, -0.1) is 11.3 Å². The zero-order valence-electron chi connectivity index (χ0n) is 18.5. The van der Waals surface area contributed by atoms with Gasteiger partial charge in [-0.25, -0.2) is 9.50 Å². The lowest BCUT2D eigenvalue weighted by Gasteiger charge is -2.11. The van der Waals surface area contributed by atoms with E-state index in [1.54, 1.807) is 12.3 Å². The predicted octanol–water partition coefficient (Wildman–Crippen LogP) is 2.84. The van der Waals surface area contributed by atoms with Gasteiger partial charge in [0.1, 0.15) is 23.6 Å². The molecule has 188 valence electrons. The van der Waals surface area contributed by atoms with Gasteiger partial charge in [-0.2, -0.15) is 19.0 Å². The number of rotatable bonds is 8. The molecule has 15 heteroatoms. The lowest BCUT2D eigenvalue weighted by atomic mass is 10.1. The summed E-state index contributed by atoms with van der Waals surface area (Å²) in [7, 11) is 0. The highest BCUT2D eigenvalue weighted by Gasteiger charge is 2.23. The average molecular weight is 527 g/mol. The molecule has 4 heterocycles. The van der Waals surface area contributed by atoms with E-state index in [0.29, 0.717) is 10.1 Å². The molecule has 2 amide bonds. The lowest BCUT2D eigenvalue weighted by molar-refractivity contribution is -0.137. The molecule has 0 saturated carbocycles. The lowest BCUT2D eigenvalue weighted by Crippen LogP contribution is -2.12. The number of hydrogen-bond acceptors (Lipinski definition) is 8. The number of carboxylic acids is 1. The van der Waals surface area contributed by atoms with Gasteiger partial charge in [-0.1, -0.05) is 0 Å². The summed E-state index contributed by atoms with van der Waals surface area (Å²) in [4.78, 5) is 40.3. The van der Waals surface area contributed by atoms with Crippen LogP contribution < -0.4 is 15.8 Å². The third-order valence-corrected chi connectivity index (χ3v) is 6.28. The molecule has 0 unspecified atom stereocenters. The number of anilines is 1. The second-order valence-electron chi connectivity index (χ2n) is 7.62. The summed E-state index contributed by atoms with van der Waals surface area (Å²) in [5, 5.41) is 20.5. The number of nitrogens with two attached hydrogens (primary N) is 1. The molecule has 0 fully saturated rings. The summed E-state index contributed by atoms with van der Waals surface area (Å²) >= 11 is 1.03. The normalized spacial score (nSPS) is 11.3. The van der Waals surface area contributed by atoms with Crippen molar-refractivity contribution < 1.29 is 33.0 Å². The van der Waals surface area contributed by atoms with Crippen LogP contribution in [0.15, 0.2) is 49.1 Å². The number of primary amides is 1. The van der Waals surface area contributed by atoms with Gasteiger partial charge in [0.2, 0.25) is 0 Å². The number of nitrogens with zero attached hydrogens (tertiary/aromatic N) is 5. The number of carbonyl (C=O) groups is 3. The molecule has 0 saturated heterocycles. The molecule has 0 aliphatic heterocycles. The highest BCUT2D eigenvalue weighted by atomic mass is 32.1. The van der Waals surface area contributed by atoms with Crippen molar-refractivity contribution in [1.82, 2.24) is 24.4 Å². The van der Waals surface area contributed by atoms with Crippen LogP contribution in [0, 0.1) is 0 Å². The summed E-state index contributed by atoms with van der Waals surface area (Å²) in [5.41, 5.74) is 5.74. The van der Waals surface area contributed by atoms with Crippen molar-refractivity contribution in [2.75, 3.05) is 5.32 Å². The zero-order valence-corrected chi connectivity index (χ0v) is 19.3. The molecule has 37 heavy (non-hydrogen) atoms. The number of fused-ring (bicyclic) bond motifs is 2. The largest absolute Gasteiger partial charge is 0.480 e. The maximum Gasteiger partial charge on any atom is 0.387 e. The van der Waals surface area contributed by atoms with Crippen LogP contribution in [0.4, 0.5) is 14.5 Å². The number of amides is 2. The number of ether oxygens (including phenoxy) is 1. The Bertz CT molecular complexity index is 1690. The van der Waals surface area contributed by atoms with Gasteiger partial charge >= 0.3 is 12.6 Å². The Morgan fingerprint density at radius 1 is 1.24 bits per heavy atom. The van der Waals surface area contributed by atoms with Gasteiger partial charge in [-0.3, -0.25) is 19.1 Å². The summed E-state index contributed by atoms with van der Waals surface area (Å²) < 4.78 is 34.2. The maximum atomic E-state index is 13.3. The molecule has 5 rings (SSSR count). The monoisotopic (exact) mass is 527 g/mol. The minimum absolute atomic E-state index is 0.0201. The van der Waals surface area contributed by atoms with Crippen molar-refractivity contribution in [3.63, 3.8) is 0 Å². The quantitative estimate of drug-likeness (QED) is 0.277. The second-order valence-corrected chi connectivity index (χ2v) is 8.71. The number of hydrogen-bond donors (Lipinski definition) is 3. The minimum Gasteiger partial charge on any atom is -0.480 e. The van der Waals surface area contributed by atoms with Gasteiger partial charge in [0, 0.05) is 28.9 Å². The Morgan fingerprint density at radius 2 is 2.05 bits per heavy atom. The first kappa shape index (κ1) is 23.8. The maximum absolute atomic E-state index is 13.3. The number of aliphatic carboxylic acids is 1. The van der Waals surface area contributed by atoms with Crippen LogP contribution in [0.2, 0.25) is 0 Å². The van der Waals surface area contributed by atoms with Gasteiger partial charge in [-0.05, 0) is 29.7 Å². The van der Waals surface area contributed by atoms with Gasteiger partial charge < -0.3 is 20.9 Å². The molecule has 5 aromatic rings. The number of carbonyl (C=O) groups excluding carboxylic acids is 2. The van der Waals surface area contributed by atoms with E-state index in [0.717, 1.165) is 16.0 Å². The number of halogens is 2. The fourth-order valence-corrected chi connectivity index (χ4v) is 4.61. The van der Waals surface area contributed by atoms with Crippen LogP contribution in [0.5, 0.6) is 5.75 Å². The molecule has 0 spiro atoms. The van der Waals surface area contributed by atoms with Gasteiger partial charge in [0.25, 0.3) is 11.8 Å². The Hall–Kier alpha value is -4.92. The fourth-order valence-electron chi connectivity index (χ4n) is 3.67. The molecule has 0 radical (unpaired) electrons. The van der Waals surface area contributed by atoms with Crippen LogP contribution in [0.1, 0.15) is 20.0 Å². The molecule has 0 aliphatic carbocycles. The van der Waals surface area contributed by atoms with Gasteiger partial charge in [0.15, 0.2) is 5.65 Å². The summed E-state index contributed by atoms with van der Waals surface area (Å²) in [6.45, 7) is -3.77. The Kier molecular flexibility index (Phi) is 5.96. The molecule has 0 aliphatic rings. The Balaban J connectivity index is 1.63. The molecule has 0 bridgehead atoms. The Morgan fingerprint density at radius 3 is 2.78 bits per heavy atom. The number of nitrogens with one attached hydrogen (secondary N) is 1. The standard InChI is InChI=1S/C22H15F2N7O5S/c23-22(24)36-14-4-10-5-16(19(25)34)37-15(10)6-11(14)18-13(8-30(29-18)9-17(32)33)28-21(35)12-7-27-31-3-1-2-26-20(12)31/h1-8,22H,9H2,(H2,25,34)(H,28,35)(H,32,33). The number of aromatic nitrogens is 5. The topological polar surface area (TPSA) is 167 Å². The highest BCUT2D eigenvalue weighted by Crippen LogP contribution is 2.40. The van der Waals surface area contributed by atoms with Crippen molar-refractivity contribution in [2.24, 2.45) is 5.73 Å². The first-order chi connectivity index (χ1) is 17.7. The van der Waals surface area contributed by atoms with Gasteiger partial charge in [0.05, 0.1) is 16.8 Å². The number of benzene rings is 1. The van der Waals surface area contributed by atoms with Crippen molar-refractivity contribution in [3.05, 3.63) is 59.5 Å². The number of thiophene rings is 1. The van der Waals surface area contributed by atoms with Crippen molar-refractivity contribution in [3.8, 4) is 17.0 Å². The van der Waals surface area contributed by atoms with Crippen molar-refractivity contribution in [2.45, 2.75) is 13.2 Å². The summed E-state index contributed by atoms with van der Waals surface area (Å²) in [5.74, 6) is -2.86. The molecule has 12 nitrogen and oxygen atoms in total. The zero-order chi connectivity index (χ0) is 26.3. The first-order valence-corrected chi connectivity index (χ1v) is 11.2. The minimum atomic E-state index is -3.20. The summed E-state index contributed by atoms with van der Waals surface area (Å²) in [6.07, 6.45) is 5.63. The van der Waals surface area contributed by atoms with Crippen LogP contribution in [-0.2, 0) is 11.3 Å². The van der Waals surface area contributed by atoms with Crippen molar-refractivity contribution in [1.29, 1.82) is 0 Å². The predicted molar refractivity (Wildman–Crippen MR) is 127 cm³/mol. The van der Waals surface area contributed by atoms with E-state index in [1.807, 2.05) is 0 Å². The van der Waals surface area contributed by atoms with Crippen LogP contribution >= 0.6 is 11.3 Å². The van der Waals surface area contributed by atoms with E-state index < -0.39 is 30.9 Å². The third-order valence-electron chi connectivity index (χ3n) is 5.16. The van der Waals surface area contributed by atoms with E-state index in [4.69, 9.17) is 10.5 Å². The smallest absolute Gasteiger partial charge is 0.387 e. The van der Waals surface area contributed by atoms with E-state index in [-0.39, 0.29) is 38.8 Å². The molecule has 4 aromatic heterocycles. The molecule has 0 atom stereocenters. The molecular formula is C22H15F2N7O5S. The average Bonchev–Trinajstić information content (AvgIpc) is 3.54. The second kappa shape index (κ2) is 9.27. The van der Waals surface area contributed by atoms with Crippen molar-refractivity contribution >= 4 is 50.5 Å².